The van der Waals surface area contributed by atoms with Crippen LogP contribution in [0.2, 0.25) is 0 Å². The van der Waals surface area contributed by atoms with E-state index in [1.807, 2.05) is 38.1 Å². The summed E-state index contributed by atoms with van der Waals surface area (Å²) in [5.41, 5.74) is 3.76. The van der Waals surface area contributed by atoms with E-state index in [4.69, 9.17) is 0 Å². The Morgan fingerprint density at radius 2 is 1.79 bits per heavy atom. The minimum Gasteiger partial charge on any atom is -1.00 e. The van der Waals surface area contributed by atoms with Gasteiger partial charge in [0.05, 0.1) is 12.5 Å². The number of ketones is 1. The van der Waals surface area contributed by atoms with Gasteiger partial charge >= 0.3 is 41.6 Å². The minimum atomic E-state index is -1.34. The molecular weight excluding hydrogens is 453 g/mol. The van der Waals surface area contributed by atoms with Gasteiger partial charge in [0, 0.05) is 28.6 Å². The number of aryl methyl sites for hydroxylation is 2. The Labute approximate surface area is 219 Å². The van der Waals surface area contributed by atoms with E-state index in [9.17, 15) is 24.3 Å². The van der Waals surface area contributed by atoms with Crippen LogP contribution < -0.4 is 40.2 Å². The van der Waals surface area contributed by atoms with Crippen molar-refractivity contribution in [2.45, 2.75) is 39.3 Å². The van der Waals surface area contributed by atoms with E-state index < -0.39 is 35.8 Å². The van der Waals surface area contributed by atoms with E-state index in [1.165, 1.54) is 29.4 Å². The van der Waals surface area contributed by atoms with Gasteiger partial charge in [-0.15, -0.1) is 11.3 Å². The molecule has 0 saturated carbocycles. The molecule has 2 unspecified atom stereocenters. The van der Waals surface area contributed by atoms with Gasteiger partial charge in [-0.25, -0.2) is 4.79 Å². The van der Waals surface area contributed by atoms with Crippen molar-refractivity contribution in [3.8, 4) is 10.4 Å². The average molecular weight is 480 g/mol. The van der Waals surface area contributed by atoms with Gasteiger partial charge in [-0.2, -0.15) is 0 Å². The fourth-order valence-corrected chi connectivity index (χ4v) is 4.85. The van der Waals surface area contributed by atoms with Gasteiger partial charge in [0.15, 0.2) is 11.8 Å². The number of rotatable bonds is 6. The fourth-order valence-electron chi connectivity index (χ4n) is 3.61. The monoisotopic (exact) mass is 479 g/mol. The number of hydrogen-bond donors (Lipinski definition) is 3. The summed E-state index contributed by atoms with van der Waals surface area (Å²) < 4.78 is 0. The predicted octanol–water partition coefficient (Wildman–Crippen LogP) is 0.277. The number of carboxylic acid groups (broad SMARTS) is 1. The maximum atomic E-state index is 12.6. The predicted molar refractivity (Wildman–Crippen MR) is 122 cm³/mol. The molecule has 10 heteroatoms. The van der Waals surface area contributed by atoms with Crippen LogP contribution in [0.1, 0.15) is 36.8 Å². The Bertz CT molecular complexity index is 1110. The van der Waals surface area contributed by atoms with Crippen LogP contribution in [0.15, 0.2) is 42.1 Å². The number of nitrogens with zero attached hydrogens (tertiary/aromatic N) is 1. The second-order valence-corrected chi connectivity index (χ2v) is 8.87. The van der Waals surface area contributed by atoms with Crippen LogP contribution in [0.5, 0.6) is 0 Å². The Hall–Kier alpha value is -2.46. The van der Waals surface area contributed by atoms with Crippen LogP contribution in [0, 0.1) is 13.8 Å². The number of carboxylic acids is 1. The van der Waals surface area contributed by atoms with Gasteiger partial charge in [-0.3, -0.25) is 14.4 Å². The number of carbonyl (C=O) groups excluding carboxylic acids is 3. The van der Waals surface area contributed by atoms with Crippen LogP contribution >= 0.6 is 11.3 Å². The first-order valence-electron chi connectivity index (χ1n) is 10.0. The molecule has 1 aromatic carbocycles. The maximum absolute atomic E-state index is 12.6. The molecule has 0 spiro atoms. The van der Waals surface area contributed by atoms with E-state index >= 15 is 0 Å². The molecule has 8 nitrogen and oxygen atoms in total. The number of allylic oxidation sites excluding steroid dienone is 1. The molecule has 170 valence electrons. The molecule has 1 aliphatic heterocycles. The Kier molecular flexibility index (Phi) is 9.02. The van der Waals surface area contributed by atoms with Crippen molar-refractivity contribution in [2.75, 3.05) is 7.05 Å². The summed E-state index contributed by atoms with van der Waals surface area (Å²) >= 11 is 1.40. The Balaban J connectivity index is 0.00000289. The first kappa shape index (κ1) is 26.8. The molecule has 33 heavy (non-hydrogen) atoms. The summed E-state index contributed by atoms with van der Waals surface area (Å²) in [7, 11) is 1.52. The van der Waals surface area contributed by atoms with E-state index in [2.05, 4.69) is 10.6 Å². The van der Waals surface area contributed by atoms with E-state index in [1.54, 1.807) is 13.0 Å². The van der Waals surface area contributed by atoms with Gasteiger partial charge in [-0.05, 0) is 49.6 Å². The topological polar surface area (TPSA) is 116 Å². The van der Waals surface area contributed by atoms with E-state index in [-0.39, 0.29) is 37.4 Å². The van der Waals surface area contributed by atoms with E-state index in [0.29, 0.717) is 10.6 Å². The molecule has 0 aliphatic carbocycles. The number of aliphatic carboxylic acids is 1. The zero-order valence-electron chi connectivity index (χ0n) is 20.3. The fraction of sp³-hybridized carbons (Fsp3) is 0.304. The molecule has 0 saturated heterocycles. The normalized spacial score (nSPS) is 16.5. The van der Waals surface area contributed by atoms with Crippen molar-refractivity contribution in [3.63, 3.8) is 0 Å². The zero-order chi connectivity index (χ0) is 23.6. The quantitative estimate of drug-likeness (QED) is 0.407. The van der Waals surface area contributed by atoms with Crippen LogP contribution in [0.25, 0.3) is 10.4 Å². The number of urea groups is 1. The van der Waals surface area contributed by atoms with Crippen molar-refractivity contribution in [2.24, 2.45) is 0 Å². The van der Waals surface area contributed by atoms with Gasteiger partial charge in [0.2, 0.25) is 0 Å². The van der Waals surface area contributed by atoms with Gasteiger partial charge in [0.1, 0.15) is 0 Å². The third-order valence-corrected chi connectivity index (χ3v) is 6.62. The standard InChI is InChI=1S/C23H25N3O5S.Na.H/c1-12-6-5-7-13(2)20(12)18-9-8-17(32-18)15(11-19(28)29)24-23(31)25-21-16(27)10-14(3)26(4)22(21)30;;/h5-10,15,21H,11H2,1-4H3,(H,28,29)(H2,24,25,31);;/q;+1;-1. The average Bonchev–Trinajstić information content (AvgIpc) is 3.18. The molecule has 3 rings (SSSR count). The first-order valence-corrected chi connectivity index (χ1v) is 10.8. The summed E-state index contributed by atoms with van der Waals surface area (Å²) in [4.78, 5) is 51.5. The number of thiophene rings is 1. The van der Waals surface area contributed by atoms with Crippen LogP contribution in [0.3, 0.4) is 0 Å². The number of benzene rings is 1. The molecule has 3 amide bonds. The molecule has 2 aromatic rings. The molecule has 2 atom stereocenters. The molecular formula is C23H26N3NaO5S. The van der Waals surface area contributed by atoms with Crippen LogP contribution in [0.4, 0.5) is 4.79 Å². The largest absolute Gasteiger partial charge is 1.00 e. The third-order valence-electron chi connectivity index (χ3n) is 5.40. The van der Waals surface area contributed by atoms with Crippen molar-refractivity contribution >= 4 is 35.0 Å². The van der Waals surface area contributed by atoms with Crippen molar-refractivity contribution in [1.82, 2.24) is 15.5 Å². The second kappa shape index (κ2) is 11.1. The molecule has 1 aliphatic rings. The SMILES string of the molecule is CC1=CC(=O)C(NC(=O)NC(CC(=O)O)c2ccc(-c3c(C)cccc3C)s2)C(=O)N1C.[H-].[Na+]. The molecule has 0 fully saturated rings. The third kappa shape index (κ3) is 6.11. The molecule has 3 N–H and O–H groups in total. The summed E-state index contributed by atoms with van der Waals surface area (Å²) in [6.45, 7) is 5.64. The number of nitrogens with one attached hydrogen (secondary N) is 2. The molecule has 0 bridgehead atoms. The van der Waals surface area contributed by atoms with Crippen molar-refractivity contribution in [1.29, 1.82) is 0 Å². The first-order chi connectivity index (χ1) is 15.1. The summed E-state index contributed by atoms with van der Waals surface area (Å²) in [5, 5.41) is 14.3. The summed E-state index contributed by atoms with van der Waals surface area (Å²) in [6.07, 6.45) is 0.947. The maximum Gasteiger partial charge on any atom is 1.00 e. The van der Waals surface area contributed by atoms with Gasteiger partial charge in [0.25, 0.3) is 5.91 Å². The summed E-state index contributed by atoms with van der Waals surface area (Å²) in [6, 6.07) is 6.73. The van der Waals surface area contributed by atoms with E-state index in [0.717, 1.165) is 21.6 Å². The molecule has 0 radical (unpaired) electrons. The Morgan fingerprint density at radius 3 is 2.39 bits per heavy atom. The number of carbonyl (C=O) groups is 4. The Morgan fingerprint density at radius 1 is 1.15 bits per heavy atom. The van der Waals surface area contributed by atoms with Gasteiger partial charge in [-0.1, -0.05) is 18.2 Å². The summed E-state index contributed by atoms with van der Waals surface area (Å²) in [5.74, 6) is -2.15. The van der Waals surface area contributed by atoms with Crippen molar-refractivity contribution < 1.29 is 55.3 Å². The zero-order valence-corrected chi connectivity index (χ0v) is 22.1. The molecule has 2 heterocycles. The molecule has 1 aromatic heterocycles. The second-order valence-electron chi connectivity index (χ2n) is 7.76. The number of hydrogen-bond acceptors (Lipinski definition) is 5. The van der Waals surface area contributed by atoms with Crippen LogP contribution in [-0.2, 0) is 14.4 Å². The van der Waals surface area contributed by atoms with Crippen LogP contribution in [-0.4, -0.2) is 46.8 Å². The van der Waals surface area contributed by atoms with Crippen molar-refractivity contribution in [3.05, 3.63) is 58.1 Å². The smallest absolute Gasteiger partial charge is 1.00 e. The number of likely N-dealkylation sites (N-methyl/N-ethyl adjacent to an activating group) is 1. The van der Waals surface area contributed by atoms with Gasteiger partial charge < -0.3 is 22.1 Å². The number of amides is 3. The minimum absolute atomic E-state index is 0.